The van der Waals surface area contributed by atoms with Gasteiger partial charge in [-0.3, -0.25) is 4.79 Å². The first-order valence-corrected chi connectivity index (χ1v) is 12.5. The van der Waals surface area contributed by atoms with Crippen LogP contribution in [0.1, 0.15) is 52.0 Å². The first-order chi connectivity index (χ1) is 14.9. The fourth-order valence-electron chi connectivity index (χ4n) is 2.90. The number of ether oxygens (including phenoxy) is 2. The number of methoxy groups -OCH3 is 1. The molecule has 0 fully saturated rings. The van der Waals surface area contributed by atoms with Crippen LogP contribution >= 0.6 is 0 Å². The van der Waals surface area contributed by atoms with E-state index in [1.807, 2.05) is 20.8 Å². The SMILES string of the molecule is CCO[Si](CCCCCC(=O)Oc1cc(C=CC(=O)OC)ccc1F)(OCC)OCC. The van der Waals surface area contributed by atoms with Crippen LogP contribution in [-0.4, -0.2) is 47.7 Å². The second-order valence-corrected chi connectivity index (χ2v) is 9.30. The molecule has 0 spiro atoms. The molecule has 0 heterocycles. The van der Waals surface area contributed by atoms with Crippen LogP contribution in [0.5, 0.6) is 5.75 Å². The van der Waals surface area contributed by atoms with Crippen LogP contribution in [0.4, 0.5) is 4.39 Å². The molecule has 7 nitrogen and oxygen atoms in total. The van der Waals surface area contributed by atoms with Crippen molar-refractivity contribution in [2.24, 2.45) is 0 Å². The summed E-state index contributed by atoms with van der Waals surface area (Å²) in [5.74, 6) is -1.87. The van der Waals surface area contributed by atoms with Gasteiger partial charge >= 0.3 is 20.7 Å². The maximum absolute atomic E-state index is 14.0. The molecule has 0 radical (unpaired) electrons. The number of halogens is 1. The monoisotopic (exact) mass is 456 g/mol. The molecular weight excluding hydrogens is 423 g/mol. The summed E-state index contributed by atoms with van der Waals surface area (Å²) in [5, 5.41) is 0. The van der Waals surface area contributed by atoms with E-state index >= 15 is 0 Å². The summed E-state index contributed by atoms with van der Waals surface area (Å²) in [4.78, 5) is 23.3. The second kappa shape index (κ2) is 14.8. The molecule has 1 aromatic carbocycles. The summed E-state index contributed by atoms with van der Waals surface area (Å²) in [7, 11) is -1.41. The maximum Gasteiger partial charge on any atom is 0.500 e. The summed E-state index contributed by atoms with van der Waals surface area (Å²) in [6.45, 7) is 7.31. The van der Waals surface area contributed by atoms with E-state index in [-0.39, 0.29) is 12.2 Å². The smallest absolute Gasteiger partial charge is 0.466 e. The molecule has 0 saturated carbocycles. The largest absolute Gasteiger partial charge is 0.500 e. The Labute approximate surface area is 184 Å². The molecule has 0 aromatic heterocycles. The number of rotatable bonds is 15. The summed E-state index contributed by atoms with van der Waals surface area (Å²) in [5.41, 5.74) is 0.513. The van der Waals surface area contributed by atoms with Crippen LogP contribution in [0, 0.1) is 5.82 Å². The lowest BCUT2D eigenvalue weighted by Crippen LogP contribution is -2.45. The minimum absolute atomic E-state index is 0.161. The Hall–Kier alpha value is -2.07. The van der Waals surface area contributed by atoms with Gasteiger partial charge in [-0.15, -0.1) is 0 Å². The highest BCUT2D eigenvalue weighted by molar-refractivity contribution is 6.60. The minimum atomic E-state index is -2.67. The van der Waals surface area contributed by atoms with Crippen molar-refractivity contribution in [3.63, 3.8) is 0 Å². The fraction of sp³-hybridized carbons (Fsp3) is 0.545. The molecule has 1 rings (SSSR count). The third-order valence-electron chi connectivity index (χ3n) is 4.25. The van der Waals surface area contributed by atoms with Crippen molar-refractivity contribution >= 4 is 26.8 Å². The zero-order chi connectivity index (χ0) is 23.1. The average Bonchev–Trinajstić information content (AvgIpc) is 2.74. The van der Waals surface area contributed by atoms with Crippen molar-refractivity contribution in [1.29, 1.82) is 0 Å². The van der Waals surface area contributed by atoms with Gasteiger partial charge in [-0.25, -0.2) is 9.18 Å². The van der Waals surface area contributed by atoms with E-state index in [2.05, 4.69) is 4.74 Å². The Bertz CT molecular complexity index is 707. The molecule has 9 heteroatoms. The van der Waals surface area contributed by atoms with Gasteiger partial charge in [0.1, 0.15) is 0 Å². The van der Waals surface area contributed by atoms with E-state index in [4.69, 9.17) is 18.0 Å². The van der Waals surface area contributed by atoms with Crippen LogP contribution in [0.25, 0.3) is 6.08 Å². The van der Waals surface area contributed by atoms with E-state index < -0.39 is 26.6 Å². The predicted octanol–water partition coefficient (Wildman–Crippen LogP) is 4.53. The van der Waals surface area contributed by atoms with Gasteiger partial charge in [-0.05, 0) is 57.4 Å². The summed E-state index contributed by atoms with van der Waals surface area (Å²) < 4.78 is 41.0. The van der Waals surface area contributed by atoms with Crippen LogP contribution in [0.3, 0.4) is 0 Å². The van der Waals surface area contributed by atoms with Gasteiger partial charge in [0, 0.05) is 38.4 Å². The topological polar surface area (TPSA) is 80.3 Å². The maximum atomic E-state index is 14.0. The molecule has 0 amide bonds. The normalized spacial score (nSPS) is 11.6. The van der Waals surface area contributed by atoms with Crippen molar-refractivity contribution in [2.75, 3.05) is 26.9 Å². The number of carbonyl (C=O) groups is 2. The summed E-state index contributed by atoms with van der Waals surface area (Å²) in [6, 6.07) is 4.69. The van der Waals surface area contributed by atoms with Crippen molar-refractivity contribution in [3.05, 3.63) is 35.7 Å². The molecule has 0 bridgehead atoms. The lowest BCUT2D eigenvalue weighted by atomic mass is 10.2. The Morgan fingerprint density at radius 1 is 1.00 bits per heavy atom. The molecule has 0 aliphatic rings. The molecule has 0 N–H and O–H groups in total. The lowest BCUT2D eigenvalue weighted by Gasteiger charge is -2.28. The van der Waals surface area contributed by atoms with Gasteiger partial charge in [-0.1, -0.05) is 12.5 Å². The first-order valence-electron chi connectivity index (χ1n) is 10.6. The van der Waals surface area contributed by atoms with Crippen molar-refractivity contribution in [1.82, 2.24) is 0 Å². The summed E-state index contributed by atoms with van der Waals surface area (Å²) in [6.07, 6.45) is 4.97. The predicted molar refractivity (Wildman–Crippen MR) is 117 cm³/mol. The molecule has 0 saturated heterocycles. The molecule has 0 aliphatic heterocycles. The molecular formula is C22H33FO7Si. The van der Waals surface area contributed by atoms with Crippen molar-refractivity contribution < 1.29 is 36.7 Å². The summed E-state index contributed by atoms with van der Waals surface area (Å²) >= 11 is 0. The number of carbonyl (C=O) groups excluding carboxylic acids is 2. The van der Waals surface area contributed by atoms with E-state index in [0.717, 1.165) is 12.8 Å². The van der Waals surface area contributed by atoms with Crippen molar-refractivity contribution in [3.8, 4) is 5.75 Å². The standard InChI is InChI=1S/C22H33FO7Si/c1-5-27-31(28-6-2,29-7-3)16-10-8-9-11-22(25)30-20-17-18(12-14-19(20)23)13-15-21(24)26-4/h12-15,17H,5-11,16H2,1-4H3. The quantitative estimate of drug-likeness (QED) is 0.126. The van der Waals surface area contributed by atoms with Gasteiger partial charge in [0.25, 0.3) is 0 Å². The Balaban J connectivity index is 2.51. The Morgan fingerprint density at radius 2 is 1.65 bits per heavy atom. The van der Waals surface area contributed by atoms with Gasteiger partial charge < -0.3 is 22.8 Å². The van der Waals surface area contributed by atoms with Gasteiger partial charge in [0.15, 0.2) is 11.6 Å². The third-order valence-corrected chi connectivity index (χ3v) is 7.40. The fourth-order valence-corrected chi connectivity index (χ4v) is 5.58. The number of benzene rings is 1. The Kier molecular flexibility index (Phi) is 12.9. The highest BCUT2D eigenvalue weighted by Crippen LogP contribution is 2.22. The Morgan fingerprint density at radius 3 is 2.23 bits per heavy atom. The van der Waals surface area contributed by atoms with Crippen LogP contribution in [0.15, 0.2) is 24.3 Å². The van der Waals surface area contributed by atoms with Crippen LogP contribution < -0.4 is 4.74 Å². The van der Waals surface area contributed by atoms with E-state index in [1.165, 1.54) is 37.5 Å². The average molecular weight is 457 g/mol. The van der Waals surface area contributed by atoms with E-state index in [1.54, 1.807) is 0 Å². The van der Waals surface area contributed by atoms with Crippen molar-refractivity contribution in [2.45, 2.75) is 52.5 Å². The molecule has 0 atom stereocenters. The lowest BCUT2D eigenvalue weighted by molar-refractivity contribution is -0.135. The molecule has 31 heavy (non-hydrogen) atoms. The number of unbranched alkanes of at least 4 members (excludes halogenated alkanes) is 2. The second-order valence-electron chi connectivity index (χ2n) is 6.56. The van der Waals surface area contributed by atoms with Gasteiger partial charge in [-0.2, -0.15) is 0 Å². The highest BCUT2D eigenvalue weighted by Gasteiger charge is 2.39. The zero-order valence-electron chi connectivity index (χ0n) is 18.8. The van der Waals surface area contributed by atoms with Gasteiger partial charge in [0.2, 0.25) is 0 Å². The molecule has 1 aromatic rings. The number of hydrogen-bond donors (Lipinski definition) is 0. The molecule has 0 unspecified atom stereocenters. The van der Waals surface area contributed by atoms with E-state index in [0.29, 0.717) is 37.8 Å². The first kappa shape index (κ1) is 27.0. The van der Waals surface area contributed by atoms with Gasteiger partial charge in [0.05, 0.1) is 7.11 Å². The number of hydrogen-bond acceptors (Lipinski definition) is 7. The molecule has 0 aliphatic carbocycles. The van der Waals surface area contributed by atoms with Crippen LogP contribution in [0.2, 0.25) is 6.04 Å². The molecule has 174 valence electrons. The third kappa shape index (κ3) is 10.2. The highest BCUT2D eigenvalue weighted by atomic mass is 28.4. The number of esters is 2. The van der Waals surface area contributed by atoms with Crippen LogP contribution in [-0.2, 0) is 27.6 Å². The van der Waals surface area contributed by atoms with E-state index in [9.17, 15) is 14.0 Å². The zero-order valence-corrected chi connectivity index (χ0v) is 19.8. The minimum Gasteiger partial charge on any atom is -0.466 e.